The van der Waals surface area contributed by atoms with Crippen LogP contribution in [0.5, 0.6) is 11.5 Å². The van der Waals surface area contributed by atoms with Gasteiger partial charge < -0.3 is 60.3 Å². The summed E-state index contributed by atoms with van der Waals surface area (Å²) in [4.78, 5) is 79.1. The fourth-order valence-corrected chi connectivity index (χ4v) is 9.12. The monoisotopic (exact) mass is 1020 g/mol. The van der Waals surface area contributed by atoms with Crippen LogP contribution in [0.15, 0.2) is 24.3 Å². The number of carbonyl (C=O) groups excluding carboxylic acids is 6. The number of carbonyl (C=O) groups is 6. The molecule has 6 rings (SSSR count). The van der Waals surface area contributed by atoms with Crippen molar-refractivity contribution >= 4 is 47.3 Å². The predicted molar refractivity (Wildman–Crippen MR) is 278 cm³/mol. The number of benzene rings is 2. The average Bonchev–Trinajstić information content (AvgIpc) is 3.25. The highest BCUT2D eigenvalue weighted by Gasteiger charge is 2.37. The third-order valence-corrected chi connectivity index (χ3v) is 12.4. The summed E-state index contributed by atoms with van der Waals surface area (Å²) in [5.41, 5.74) is 15.0. The van der Waals surface area contributed by atoms with Gasteiger partial charge in [0.05, 0.1) is 23.5 Å². The van der Waals surface area contributed by atoms with Crippen molar-refractivity contribution in [3.8, 4) is 11.5 Å². The Hall–Kier alpha value is -5.62. The minimum Gasteiger partial charge on any atom is -0.479 e. The number of nitrogens with one attached hydrogen (secondary N) is 2. The van der Waals surface area contributed by atoms with Gasteiger partial charge in [0, 0.05) is 13.1 Å². The molecule has 6 N–H and O–H groups in total. The van der Waals surface area contributed by atoms with E-state index in [4.69, 9.17) is 39.9 Å². The Morgan fingerprint density at radius 1 is 0.575 bits per heavy atom. The second-order valence-corrected chi connectivity index (χ2v) is 23.7. The van der Waals surface area contributed by atoms with E-state index in [1.165, 1.54) is 0 Å². The van der Waals surface area contributed by atoms with Crippen molar-refractivity contribution in [2.24, 2.45) is 11.5 Å². The summed E-state index contributed by atoms with van der Waals surface area (Å²) in [5.74, 6) is 0.0483. The minimum atomic E-state index is -0.773. The number of esters is 2. The third-order valence-electron chi connectivity index (χ3n) is 12.4. The van der Waals surface area contributed by atoms with E-state index in [9.17, 15) is 28.8 Å². The molecule has 0 saturated heterocycles. The van der Waals surface area contributed by atoms with Gasteiger partial charge in [-0.25, -0.2) is 9.59 Å². The highest BCUT2D eigenvalue weighted by Crippen LogP contribution is 2.44. The van der Waals surface area contributed by atoms with Crippen LogP contribution in [0, 0.1) is 0 Å². The Morgan fingerprint density at radius 3 is 1.30 bits per heavy atom. The topological polar surface area (TPSA) is 240 Å². The first-order valence-electron chi connectivity index (χ1n) is 26.0. The van der Waals surface area contributed by atoms with Gasteiger partial charge in [0.15, 0.2) is 12.2 Å². The molecule has 4 aliphatic rings. The number of hydrogen-bond donors (Lipinski definition) is 4. The van der Waals surface area contributed by atoms with Gasteiger partial charge in [-0.2, -0.15) is 0 Å². The molecule has 0 fully saturated rings. The molecule has 4 amide bonds. The molecule has 18 heteroatoms. The van der Waals surface area contributed by atoms with E-state index in [1.807, 2.05) is 86.6 Å². The van der Waals surface area contributed by atoms with Crippen molar-refractivity contribution < 1.29 is 57.2 Å². The van der Waals surface area contributed by atoms with Crippen molar-refractivity contribution in [1.82, 2.24) is 9.80 Å². The van der Waals surface area contributed by atoms with Crippen molar-refractivity contribution in [2.45, 2.75) is 226 Å². The van der Waals surface area contributed by atoms with E-state index >= 15 is 0 Å². The molecule has 2 aliphatic carbocycles. The van der Waals surface area contributed by atoms with Crippen molar-refractivity contribution in [2.75, 3.05) is 23.7 Å². The maximum atomic E-state index is 13.4. The van der Waals surface area contributed by atoms with Crippen LogP contribution < -0.4 is 31.6 Å². The lowest BCUT2D eigenvalue weighted by Crippen LogP contribution is -2.42. The molecule has 2 aromatic carbocycles. The second-order valence-electron chi connectivity index (χ2n) is 23.7. The van der Waals surface area contributed by atoms with E-state index < -0.39 is 64.7 Å². The van der Waals surface area contributed by atoms with Crippen molar-refractivity contribution in [3.05, 3.63) is 46.5 Å². The molecule has 6 atom stereocenters. The summed E-state index contributed by atoms with van der Waals surface area (Å²) >= 11 is 0. The Morgan fingerprint density at radius 2 is 0.932 bits per heavy atom. The SMILES string of the molecule is CC1Oc2cc3c(cc2NC1=O)C(N(CCCC(N)C(=O)OC(C)(C)C)C(=O)OC(C)(C)C)CCC3.CC1Oc2cc3c(cc2NC1=O)C(N(CCCCC(N)C(=O)OC(C)(C)C)C(=O)OC(C)(C)C)CCC3. The number of anilines is 2. The number of rotatable bonds is 13. The maximum absolute atomic E-state index is 13.4. The first-order chi connectivity index (χ1) is 33.8. The molecule has 18 nitrogen and oxygen atoms in total. The Kier molecular flexibility index (Phi) is 18.9. The van der Waals surface area contributed by atoms with Gasteiger partial charge in [-0.15, -0.1) is 0 Å². The minimum absolute atomic E-state index is 0.190. The van der Waals surface area contributed by atoms with Gasteiger partial charge in [0.2, 0.25) is 0 Å². The van der Waals surface area contributed by atoms with Crippen LogP contribution in [0.3, 0.4) is 0 Å². The number of ether oxygens (including phenoxy) is 6. The standard InChI is InChI=1S/C28H43N3O6.C27H41N3O6/c1-17-24(32)30-21-16-19-18(15-23(21)35-17)11-10-13-22(19)31(26(34)37-28(5,6)7)14-9-8-12-20(29)25(33)36-27(2,3)4;1-16-23(31)29-20-15-18-17(14-22(20)34-16)10-8-12-21(18)30(25(33)36-27(5,6)7)13-9-11-19(28)24(32)35-26(2,3)4/h15-17,20,22H,8-14,29H2,1-7H3,(H,30,32);14-16,19,21H,8-13,28H2,1-7H3,(H,29,31). The lowest BCUT2D eigenvalue weighted by atomic mass is 9.85. The van der Waals surface area contributed by atoms with Crippen LogP contribution in [0.4, 0.5) is 21.0 Å². The van der Waals surface area contributed by atoms with Crippen molar-refractivity contribution in [1.29, 1.82) is 0 Å². The third kappa shape index (κ3) is 17.0. The van der Waals surface area contributed by atoms with Crippen LogP contribution in [0.2, 0.25) is 0 Å². The number of nitrogens with two attached hydrogens (primary N) is 2. The lowest BCUT2D eigenvalue weighted by molar-refractivity contribution is -0.157. The highest BCUT2D eigenvalue weighted by atomic mass is 16.6. The molecular weight excluding hydrogens is 937 g/mol. The highest BCUT2D eigenvalue weighted by molar-refractivity contribution is 5.98. The maximum Gasteiger partial charge on any atom is 0.410 e. The number of hydrogen-bond acceptors (Lipinski definition) is 14. The number of amides is 4. The van der Waals surface area contributed by atoms with Gasteiger partial charge in [0.25, 0.3) is 11.8 Å². The molecule has 2 heterocycles. The van der Waals surface area contributed by atoms with E-state index in [1.54, 1.807) is 44.4 Å². The largest absolute Gasteiger partial charge is 0.479 e. The number of aryl methyl sites for hydroxylation is 2. The molecule has 0 spiro atoms. The molecular formula is C55H84N6O12. The van der Waals surface area contributed by atoms with E-state index in [0.29, 0.717) is 68.1 Å². The second kappa shape index (κ2) is 23.7. The normalized spacial score (nSPS) is 20.2. The summed E-state index contributed by atoms with van der Waals surface area (Å²) in [6.45, 7) is 26.2. The van der Waals surface area contributed by atoms with Gasteiger partial charge in [-0.1, -0.05) is 0 Å². The first-order valence-corrected chi connectivity index (χ1v) is 26.0. The van der Waals surface area contributed by atoms with Gasteiger partial charge in [-0.05, 0) is 214 Å². The van der Waals surface area contributed by atoms with Crippen LogP contribution in [0.1, 0.15) is 189 Å². The van der Waals surface area contributed by atoms with Crippen LogP contribution >= 0.6 is 0 Å². The van der Waals surface area contributed by atoms with Crippen LogP contribution in [-0.2, 0) is 51.0 Å². The summed E-state index contributed by atoms with van der Waals surface area (Å²) in [7, 11) is 0. The van der Waals surface area contributed by atoms with Crippen LogP contribution in [0.25, 0.3) is 0 Å². The quantitative estimate of drug-likeness (QED) is 0.0831. The van der Waals surface area contributed by atoms with Crippen LogP contribution in [-0.4, -0.2) is 106 Å². The predicted octanol–water partition coefficient (Wildman–Crippen LogP) is 9.33. The fourth-order valence-electron chi connectivity index (χ4n) is 9.12. The van der Waals surface area contributed by atoms with Gasteiger partial charge >= 0.3 is 24.1 Å². The zero-order valence-corrected chi connectivity index (χ0v) is 45.9. The van der Waals surface area contributed by atoms with E-state index in [-0.39, 0.29) is 30.0 Å². The zero-order valence-electron chi connectivity index (χ0n) is 45.9. The molecule has 2 aromatic rings. The van der Waals surface area contributed by atoms with E-state index in [0.717, 1.165) is 60.8 Å². The molecule has 6 unspecified atom stereocenters. The number of nitrogens with zero attached hydrogens (tertiary/aromatic N) is 2. The molecule has 2 aliphatic heterocycles. The lowest BCUT2D eigenvalue weighted by Gasteiger charge is -2.38. The Labute approximate surface area is 432 Å². The summed E-state index contributed by atoms with van der Waals surface area (Å²) in [6.07, 6.45) is 5.85. The summed E-state index contributed by atoms with van der Waals surface area (Å²) < 4.78 is 33.9. The Bertz CT molecular complexity index is 2330. The molecule has 73 heavy (non-hydrogen) atoms. The molecule has 0 aromatic heterocycles. The molecule has 0 radical (unpaired) electrons. The Balaban J connectivity index is 0.000000271. The summed E-state index contributed by atoms with van der Waals surface area (Å²) in [5, 5.41) is 5.83. The number of fused-ring (bicyclic) bond motifs is 4. The average molecular weight is 1020 g/mol. The fraction of sp³-hybridized carbons (Fsp3) is 0.673. The van der Waals surface area contributed by atoms with Gasteiger partial charge in [-0.3, -0.25) is 19.2 Å². The molecule has 406 valence electrons. The smallest absolute Gasteiger partial charge is 0.410 e. The van der Waals surface area contributed by atoms with E-state index in [2.05, 4.69) is 10.6 Å². The zero-order chi connectivity index (χ0) is 54.4. The first kappa shape index (κ1) is 58.3. The van der Waals surface area contributed by atoms with Gasteiger partial charge in [0.1, 0.15) is 46.0 Å². The molecule has 0 bridgehead atoms. The number of unbranched alkanes of at least 4 members (excludes halogenated alkanes) is 1. The van der Waals surface area contributed by atoms with Crippen molar-refractivity contribution in [3.63, 3.8) is 0 Å². The molecule has 0 saturated carbocycles. The summed E-state index contributed by atoms with van der Waals surface area (Å²) in [6, 6.07) is 5.91.